The largest absolute Gasteiger partial charge is 0.271 e. The fourth-order valence-electron chi connectivity index (χ4n) is 2.43. The molecule has 0 unspecified atom stereocenters. The van der Waals surface area contributed by atoms with Crippen LogP contribution in [0, 0.1) is 5.82 Å². The molecule has 0 bridgehead atoms. The minimum atomic E-state index is -3.74. The van der Waals surface area contributed by atoms with Crippen molar-refractivity contribution in [1.29, 1.82) is 0 Å². The molecule has 0 spiro atoms. The number of aliphatic imine (C=N–C) groups is 1. The first kappa shape index (κ1) is 14.7. The Morgan fingerprint density at radius 2 is 1.77 bits per heavy atom. The van der Waals surface area contributed by atoms with E-state index in [1.807, 2.05) is 6.92 Å². The Morgan fingerprint density at radius 3 is 2.45 bits per heavy atom. The molecule has 0 amide bonds. The minimum absolute atomic E-state index is 0.166. The van der Waals surface area contributed by atoms with Crippen molar-refractivity contribution in [3.63, 3.8) is 0 Å². The number of benzene rings is 2. The van der Waals surface area contributed by atoms with Crippen LogP contribution in [0.3, 0.4) is 0 Å². The fourth-order valence-corrected chi connectivity index (χ4v) is 4.07. The zero-order valence-corrected chi connectivity index (χ0v) is 12.8. The summed E-state index contributed by atoms with van der Waals surface area (Å²) in [6.45, 7) is 1.96. The summed E-state index contributed by atoms with van der Waals surface area (Å²) in [5.74, 6) is 0.0420. The average Bonchev–Trinajstić information content (AvgIpc) is 2.49. The molecule has 0 saturated carbocycles. The summed E-state index contributed by atoms with van der Waals surface area (Å²) in [5, 5.41) is 0. The van der Waals surface area contributed by atoms with Gasteiger partial charge in [-0.3, -0.25) is 0 Å². The lowest BCUT2D eigenvalue weighted by molar-refractivity contribution is 0.595. The van der Waals surface area contributed by atoms with E-state index < -0.39 is 15.8 Å². The number of nitrogens with zero attached hydrogens (tertiary/aromatic N) is 2. The van der Waals surface area contributed by atoms with Gasteiger partial charge in [-0.2, -0.15) is 0 Å². The van der Waals surface area contributed by atoms with Crippen molar-refractivity contribution in [2.45, 2.75) is 24.7 Å². The SMILES string of the molecule is CCCC1=Nc2ccccc2S(=O)(=O)N1c1ccc(F)cc1. The molecule has 1 aliphatic heterocycles. The van der Waals surface area contributed by atoms with Crippen LogP contribution in [-0.4, -0.2) is 14.3 Å². The molecule has 4 nitrogen and oxygen atoms in total. The van der Waals surface area contributed by atoms with E-state index in [1.165, 1.54) is 34.6 Å². The first-order valence-corrected chi connectivity index (χ1v) is 8.45. The van der Waals surface area contributed by atoms with Crippen LogP contribution < -0.4 is 4.31 Å². The highest BCUT2D eigenvalue weighted by Crippen LogP contribution is 2.36. The monoisotopic (exact) mass is 318 g/mol. The summed E-state index contributed by atoms with van der Waals surface area (Å²) < 4.78 is 40.2. The van der Waals surface area contributed by atoms with Crippen molar-refractivity contribution in [1.82, 2.24) is 0 Å². The van der Waals surface area contributed by atoms with Gasteiger partial charge < -0.3 is 0 Å². The number of sulfonamides is 1. The summed E-state index contributed by atoms with van der Waals surface area (Å²) >= 11 is 0. The summed E-state index contributed by atoms with van der Waals surface area (Å²) in [6.07, 6.45) is 1.28. The number of para-hydroxylation sites is 1. The lowest BCUT2D eigenvalue weighted by Gasteiger charge is -2.29. The Kier molecular flexibility index (Phi) is 3.70. The van der Waals surface area contributed by atoms with Gasteiger partial charge in [0, 0.05) is 6.42 Å². The number of anilines is 1. The van der Waals surface area contributed by atoms with E-state index in [0.717, 1.165) is 6.42 Å². The van der Waals surface area contributed by atoms with Gasteiger partial charge in [0.15, 0.2) is 0 Å². The van der Waals surface area contributed by atoms with Gasteiger partial charge in [-0.05, 0) is 42.8 Å². The van der Waals surface area contributed by atoms with Crippen molar-refractivity contribution in [3.8, 4) is 0 Å². The Labute approximate surface area is 129 Å². The molecule has 1 aliphatic rings. The second-order valence-corrected chi connectivity index (χ2v) is 6.75. The maximum Gasteiger partial charge on any atom is 0.271 e. The molecule has 6 heteroatoms. The lowest BCUT2D eigenvalue weighted by atomic mass is 10.2. The van der Waals surface area contributed by atoms with E-state index in [4.69, 9.17) is 0 Å². The van der Waals surface area contributed by atoms with Gasteiger partial charge >= 0.3 is 0 Å². The third kappa shape index (κ3) is 2.39. The van der Waals surface area contributed by atoms with Crippen LogP contribution in [0.1, 0.15) is 19.8 Å². The van der Waals surface area contributed by atoms with Gasteiger partial charge in [0.05, 0.1) is 11.4 Å². The Balaban J connectivity index is 2.21. The van der Waals surface area contributed by atoms with Gasteiger partial charge in [0.1, 0.15) is 16.5 Å². The molecule has 2 aromatic rings. The van der Waals surface area contributed by atoms with E-state index in [2.05, 4.69) is 4.99 Å². The molecular formula is C16H15FN2O2S. The smallest absolute Gasteiger partial charge is 0.233 e. The van der Waals surface area contributed by atoms with Crippen molar-refractivity contribution in [2.75, 3.05) is 4.31 Å². The average molecular weight is 318 g/mol. The standard InChI is InChI=1S/C16H15FN2O2S/c1-2-5-16-18-14-6-3-4-7-15(14)22(20,21)19(16)13-10-8-12(17)9-11-13/h3-4,6-11H,2,5H2,1H3. The summed E-state index contributed by atoms with van der Waals surface area (Å²) in [7, 11) is -3.74. The van der Waals surface area contributed by atoms with Crippen molar-refractivity contribution in [2.24, 2.45) is 4.99 Å². The first-order chi connectivity index (χ1) is 10.5. The molecule has 3 rings (SSSR count). The number of rotatable bonds is 3. The summed E-state index contributed by atoms with van der Waals surface area (Å²) in [4.78, 5) is 4.65. The Morgan fingerprint density at radius 1 is 1.09 bits per heavy atom. The molecule has 22 heavy (non-hydrogen) atoms. The van der Waals surface area contributed by atoms with E-state index in [0.29, 0.717) is 23.6 Å². The topological polar surface area (TPSA) is 49.7 Å². The van der Waals surface area contributed by atoms with Gasteiger partial charge in [-0.15, -0.1) is 0 Å². The fraction of sp³-hybridized carbons (Fsp3) is 0.188. The predicted molar refractivity (Wildman–Crippen MR) is 84.5 cm³/mol. The van der Waals surface area contributed by atoms with Crippen molar-refractivity contribution < 1.29 is 12.8 Å². The van der Waals surface area contributed by atoms with Crippen molar-refractivity contribution >= 4 is 27.2 Å². The first-order valence-electron chi connectivity index (χ1n) is 7.01. The minimum Gasteiger partial charge on any atom is -0.233 e. The molecular weight excluding hydrogens is 303 g/mol. The predicted octanol–water partition coefficient (Wildman–Crippen LogP) is 3.86. The maximum absolute atomic E-state index is 13.1. The molecule has 0 radical (unpaired) electrons. The number of fused-ring (bicyclic) bond motifs is 1. The van der Waals surface area contributed by atoms with Crippen LogP contribution in [0.2, 0.25) is 0 Å². The Bertz CT molecular complexity index is 829. The normalized spacial score (nSPS) is 16.1. The maximum atomic E-state index is 13.1. The van der Waals surface area contributed by atoms with Crippen LogP contribution in [0.15, 0.2) is 58.4 Å². The molecule has 0 aliphatic carbocycles. The molecule has 2 aromatic carbocycles. The zero-order valence-electron chi connectivity index (χ0n) is 12.0. The van der Waals surface area contributed by atoms with E-state index >= 15 is 0 Å². The highest BCUT2D eigenvalue weighted by atomic mass is 32.2. The molecule has 114 valence electrons. The summed E-state index contributed by atoms with van der Waals surface area (Å²) in [5.41, 5.74) is 0.840. The number of hydrogen-bond acceptors (Lipinski definition) is 3. The van der Waals surface area contributed by atoms with Crippen LogP contribution in [-0.2, 0) is 10.0 Å². The van der Waals surface area contributed by atoms with Crippen LogP contribution in [0.5, 0.6) is 0 Å². The second-order valence-electron chi connectivity index (χ2n) is 4.99. The number of halogens is 1. The molecule has 0 atom stereocenters. The highest BCUT2D eigenvalue weighted by Gasteiger charge is 2.34. The lowest BCUT2D eigenvalue weighted by Crippen LogP contribution is -2.39. The van der Waals surface area contributed by atoms with E-state index in [-0.39, 0.29) is 4.90 Å². The van der Waals surface area contributed by atoms with Crippen molar-refractivity contribution in [3.05, 3.63) is 54.3 Å². The van der Waals surface area contributed by atoms with Crippen LogP contribution in [0.25, 0.3) is 0 Å². The summed E-state index contributed by atoms with van der Waals surface area (Å²) in [6, 6.07) is 12.0. The second kappa shape index (κ2) is 5.53. The third-order valence-corrected chi connectivity index (χ3v) is 5.21. The quantitative estimate of drug-likeness (QED) is 0.862. The number of amidine groups is 1. The van der Waals surface area contributed by atoms with Gasteiger partial charge in [0.25, 0.3) is 10.0 Å². The molecule has 1 heterocycles. The molecule has 0 saturated heterocycles. The van der Waals surface area contributed by atoms with E-state index in [9.17, 15) is 12.8 Å². The van der Waals surface area contributed by atoms with Gasteiger partial charge in [0.2, 0.25) is 0 Å². The Hall–Kier alpha value is -2.21. The van der Waals surface area contributed by atoms with Gasteiger partial charge in [-0.1, -0.05) is 19.1 Å². The zero-order chi connectivity index (χ0) is 15.7. The molecule has 0 fully saturated rings. The van der Waals surface area contributed by atoms with Crippen LogP contribution in [0.4, 0.5) is 15.8 Å². The van der Waals surface area contributed by atoms with E-state index in [1.54, 1.807) is 18.2 Å². The molecule has 0 N–H and O–H groups in total. The van der Waals surface area contributed by atoms with Crippen LogP contribution >= 0.6 is 0 Å². The molecule has 0 aromatic heterocycles. The number of hydrogen-bond donors (Lipinski definition) is 0. The highest BCUT2D eigenvalue weighted by molar-refractivity contribution is 7.93. The van der Waals surface area contributed by atoms with Gasteiger partial charge in [-0.25, -0.2) is 22.1 Å². The third-order valence-electron chi connectivity index (χ3n) is 3.40.